The lowest BCUT2D eigenvalue weighted by atomic mass is 10.1. The summed E-state index contributed by atoms with van der Waals surface area (Å²) in [6, 6.07) is 6.00. The van der Waals surface area contributed by atoms with Crippen LogP contribution in [0.1, 0.15) is 18.0 Å². The lowest BCUT2D eigenvalue weighted by Gasteiger charge is -2.06. The molecule has 4 heteroatoms. The zero-order valence-corrected chi connectivity index (χ0v) is 11.0. The Bertz CT molecular complexity index is 529. The van der Waals surface area contributed by atoms with Gasteiger partial charge in [0, 0.05) is 28.0 Å². The molecular formula is C12H12BrClN2. The van der Waals surface area contributed by atoms with Gasteiger partial charge in [-0.25, -0.2) is 0 Å². The van der Waals surface area contributed by atoms with Gasteiger partial charge in [-0.05, 0) is 35.0 Å². The lowest BCUT2D eigenvalue weighted by Crippen LogP contribution is -2.08. The van der Waals surface area contributed by atoms with Crippen LogP contribution in [0, 0.1) is 0 Å². The van der Waals surface area contributed by atoms with Gasteiger partial charge in [0.15, 0.2) is 0 Å². The Kier molecular flexibility index (Phi) is 2.70. The van der Waals surface area contributed by atoms with Crippen molar-refractivity contribution in [1.29, 1.82) is 0 Å². The minimum Gasteiger partial charge on any atom is -0.356 e. The van der Waals surface area contributed by atoms with Crippen molar-refractivity contribution in [1.82, 2.24) is 10.3 Å². The van der Waals surface area contributed by atoms with Crippen LogP contribution in [0.15, 0.2) is 22.7 Å². The first-order chi connectivity index (χ1) is 7.77. The first-order valence-corrected chi connectivity index (χ1v) is 6.61. The van der Waals surface area contributed by atoms with E-state index in [-0.39, 0.29) is 0 Å². The van der Waals surface area contributed by atoms with Crippen molar-refractivity contribution in [3.8, 4) is 0 Å². The highest BCUT2D eigenvalue weighted by atomic mass is 79.9. The summed E-state index contributed by atoms with van der Waals surface area (Å²) >= 11 is 9.86. The molecule has 0 radical (unpaired) electrons. The lowest BCUT2D eigenvalue weighted by molar-refractivity contribution is 0.740. The molecule has 1 aliphatic heterocycles. The summed E-state index contributed by atoms with van der Waals surface area (Å²) in [6.07, 6.45) is 1.18. The van der Waals surface area contributed by atoms with Gasteiger partial charge in [0.1, 0.15) is 0 Å². The zero-order valence-electron chi connectivity index (χ0n) is 8.69. The van der Waals surface area contributed by atoms with Crippen molar-refractivity contribution in [2.24, 2.45) is 0 Å². The predicted molar refractivity (Wildman–Crippen MR) is 71.2 cm³/mol. The molecule has 1 aromatic heterocycles. The fourth-order valence-electron chi connectivity index (χ4n) is 2.35. The summed E-state index contributed by atoms with van der Waals surface area (Å²) in [5.41, 5.74) is 2.31. The molecule has 0 saturated carbocycles. The Balaban J connectivity index is 2.18. The van der Waals surface area contributed by atoms with Gasteiger partial charge in [-0.3, -0.25) is 0 Å². The molecule has 2 nitrogen and oxygen atoms in total. The third kappa shape index (κ3) is 1.58. The summed E-state index contributed by atoms with van der Waals surface area (Å²) < 4.78 is 1.17. The van der Waals surface area contributed by atoms with Crippen LogP contribution in [0.2, 0.25) is 5.02 Å². The number of hydrogen-bond donors (Lipinski definition) is 2. The normalized spacial score (nSPS) is 20.8. The summed E-state index contributed by atoms with van der Waals surface area (Å²) in [5, 5.41) is 5.35. The van der Waals surface area contributed by atoms with Gasteiger partial charge < -0.3 is 10.3 Å². The topological polar surface area (TPSA) is 27.8 Å². The van der Waals surface area contributed by atoms with Crippen LogP contribution in [-0.4, -0.2) is 18.1 Å². The molecule has 84 valence electrons. The van der Waals surface area contributed by atoms with E-state index in [1.54, 1.807) is 0 Å². The van der Waals surface area contributed by atoms with Crippen molar-refractivity contribution in [3.63, 3.8) is 0 Å². The molecule has 0 bridgehead atoms. The van der Waals surface area contributed by atoms with Gasteiger partial charge in [0.2, 0.25) is 0 Å². The fraction of sp³-hybridized carbons (Fsp3) is 0.333. The number of aromatic amines is 1. The second-order valence-electron chi connectivity index (χ2n) is 4.20. The highest BCUT2D eigenvalue weighted by Crippen LogP contribution is 2.37. The van der Waals surface area contributed by atoms with E-state index in [4.69, 9.17) is 11.6 Å². The van der Waals surface area contributed by atoms with Gasteiger partial charge in [0.05, 0.1) is 10.5 Å². The summed E-state index contributed by atoms with van der Waals surface area (Å²) in [5.74, 6) is 0.567. The third-order valence-electron chi connectivity index (χ3n) is 3.21. The molecule has 2 aromatic rings. The van der Waals surface area contributed by atoms with Gasteiger partial charge in [0.25, 0.3) is 0 Å². The number of para-hydroxylation sites is 1. The Morgan fingerprint density at radius 3 is 2.94 bits per heavy atom. The molecule has 0 amide bonds. The predicted octanol–water partition coefficient (Wildman–Crippen LogP) is 3.66. The SMILES string of the molecule is Clc1cccc2c(Br)c(C3CCNC3)[nH]c12. The van der Waals surface area contributed by atoms with E-state index in [1.807, 2.05) is 12.1 Å². The first-order valence-electron chi connectivity index (χ1n) is 5.43. The van der Waals surface area contributed by atoms with E-state index < -0.39 is 0 Å². The first kappa shape index (κ1) is 10.6. The average molecular weight is 300 g/mol. The number of fused-ring (bicyclic) bond motifs is 1. The van der Waals surface area contributed by atoms with E-state index in [2.05, 4.69) is 32.3 Å². The number of nitrogens with one attached hydrogen (secondary N) is 2. The molecular weight excluding hydrogens is 288 g/mol. The van der Waals surface area contributed by atoms with Gasteiger partial charge in [-0.2, -0.15) is 0 Å². The Labute approximate surface area is 107 Å². The molecule has 0 spiro atoms. The van der Waals surface area contributed by atoms with E-state index in [9.17, 15) is 0 Å². The molecule has 2 heterocycles. The molecule has 1 unspecified atom stereocenters. The molecule has 1 fully saturated rings. The molecule has 1 aliphatic rings. The minimum atomic E-state index is 0.567. The average Bonchev–Trinajstić information content (AvgIpc) is 2.88. The van der Waals surface area contributed by atoms with Crippen LogP contribution < -0.4 is 5.32 Å². The van der Waals surface area contributed by atoms with Gasteiger partial charge in [-0.15, -0.1) is 0 Å². The Morgan fingerprint density at radius 1 is 1.38 bits per heavy atom. The van der Waals surface area contributed by atoms with E-state index >= 15 is 0 Å². The molecule has 1 atom stereocenters. The van der Waals surface area contributed by atoms with Crippen LogP contribution in [-0.2, 0) is 0 Å². The maximum atomic E-state index is 6.18. The van der Waals surface area contributed by atoms with E-state index in [0.29, 0.717) is 5.92 Å². The smallest absolute Gasteiger partial charge is 0.0657 e. The molecule has 16 heavy (non-hydrogen) atoms. The largest absolute Gasteiger partial charge is 0.356 e. The number of H-pyrrole nitrogens is 1. The second kappa shape index (κ2) is 4.06. The van der Waals surface area contributed by atoms with Crippen LogP contribution >= 0.6 is 27.5 Å². The molecule has 1 aromatic carbocycles. The zero-order chi connectivity index (χ0) is 11.1. The van der Waals surface area contributed by atoms with Crippen molar-refractivity contribution in [2.75, 3.05) is 13.1 Å². The number of rotatable bonds is 1. The minimum absolute atomic E-state index is 0.567. The monoisotopic (exact) mass is 298 g/mol. The second-order valence-corrected chi connectivity index (χ2v) is 5.40. The van der Waals surface area contributed by atoms with E-state index in [1.165, 1.54) is 22.0 Å². The van der Waals surface area contributed by atoms with Gasteiger partial charge in [-0.1, -0.05) is 23.7 Å². The highest BCUT2D eigenvalue weighted by molar-refractivity contribution is 9.10. The molecule has 0 aliphatic carbocycles. The van der Waals surface area contributed by atoms with Gasteiger partial charge >= 0.3 is 0 Å². The quantitative estimate of drug-likeness (QED) is 0.826. The van der Waals surface area contributed by atoms with Crippen molar-refractivity contribution in [2.45, 2.75) is 12.3 Å². The number of benzene rings is 1. The Hall–Kier alpha value is -0.510. The summed E-state index contributed by atoms with van der Waals surface area (Å²) in [4.78, 5) is 3.46. The standard InChI is InChI=1S/C12H12BrClN2/c13-10-8-2-1-3-9(14)12(8)16-11(10)7-4-5-15-6-7/h1-3,7,15-16H,4-6H2. The maximum Gasteiger partial charge on any atom is 0.0657 e. The van der Waals surface area contributed by atoms with Crippen molar-refractivity contribution in [3.05, 3.63) is 33.4 Å². The maximum absolute atomic E-state index is 6.18. The van der Waals surface area contributed by atoms with Crippen molar-refractivity contribution < 1.29 is 0 Å². The van der Waals surface area contributed by atoms with Crippen LogP contribution in [0.5, 0.6) is 0 Å². The van der Waals surface area contributed by atoms with E-state index in [0.717, 1.165) is 23.6 Å². The number of aromatic nitrogens is 1. The summed E-state index contributed by atoms with van der Waals surface area (Å²) in [7, 11) is 0. The number of halogens is 2. The third-order valence-corrected chi connectivity index (χ3v) is 4.38. The fourth-order valence-corrected chi connectivity index (χ4v) is 3.33. The summed E-state index contributed by atoms with van der Waals surface area (Å²) in [6.45, 7) is 2.14. The number of hydrogen-bond acceptors (Lipinski definition) is 1. The highest BCUT2D eigenvalue weighted by Gasteiger charge is 2.22. The molecule has 2 N–H and O–H groups in total. The van der Waals surface area contributed by atoms with Crippen LogP contribution in [0.3, 0.4) is 0 Å². The van der Waals surface area contributed by atoms with Crippen LogP contribution in [0.4, 0.5) is 0 Å². The van der Waals surface area contributed by atoms with Crippen LogP contribution in [0.25, 0.3) is 10.9 Å². The molecule has 3 rings (SSSR count). The Morgan fingerprint density at radius 2 is 2.25 bits per heavy atom. The molecule has 1 saturated heterocycles. The van der Waals surface area contributed by atoms with Crippen molar-refractivity contribution >= 4 is 38.4 Å².